The molecule has 1 aromatic heterocycles. The third kappa shape index (κ3) is 3.79. The highest BCUT2D eigenvalue weighted by Gasteiger charge is 2.44. The van der Waals surface area contributed by atoms with Gasteiger partial charge in [0.15, 0.2) is 4.87 Å². The summed E-state index contributed by atoms with van der Waals surface area (Å²) in [4.78, 5) is 23.6. The van der Waals surface area contributed by atoms with E-state index in [0.29, 0.717) is 11.4 Å². The average Bonchev–Trinajstić information content (AvgIpc) is 3.07. The van der Waals surface area contributed by atoms with Crippen LogP contribution >= 0.6 is 11.6 Å². The molecule has 0 spiro atoms. The lowest BCUT2D eigenvalue weighted by atomic mass is 9.90. The number of nitrogens with one attached hydrogen (secondary N) is 1. The lowest BCUT2D eigenvalue weighted by Gasteiger charge is -2.31. The van der Waals surface area contributed by atoms with E-state index < -0.39 is 11.0 Å². The Morgan fingerprint density at radius 2 is 1.96 bits per heavy atom. The zero-order valence-corrected chi connectivity index (χ0v) is 15.0. The minimum Gasteiger partial charge on any atom is -0.362 e. The van der Waals surface area contributed by atoms with E-state index in [-0.39, 0.29) is 18.3 Å². The number of nitrogens with zero attached hydrogens (tertiary/aromatic N) is 1. The van der Waals surface area contributed by atoms with Crippen LogP contribution in [0.5, 0.6) is 0 Å². The summed E-state index contributed by atoms with van der Waals surface area (Å²) in [6.07, 6.45) is 7.76. The molecule has 2 unspecified atom stereocenters. The Morgan fingerprint density at radius 3 is 2.65 bits per heavy atom. The number of hydrogen-bond acceptors (Lipinski definition) is 3. The molecular formula is C20H19ClN2O3. The number of carbonyl (C=O) groups excluding carboxylic acids is 2. The normalized spacial score (nSPS) is 21.5. The summed E-state index contributed by atoms with van der Waals surface area (Å²) < 4.78 is 7.39. The highest BCUT2D eigenvalue weighted by atomic mass is 35.5. The van der Waals surface area contributed by atoms with E-state index >= 15 is 0 Å². The Labute approximate surface area is 156 Å². The number of allylic oxidation sites excluding steroid dienone is 2. The van der Waals surface area contributed by atoms with Crippen LogP contribution in [0.3, 0.4) is 0 Å². The third-order valence-electron chi connectivity index (χ3n) is 4.13. The van der Waals surface area contributed by atoms with Crippen molar-refractivity contribution in [3.63, 3.8) is 0 Å². The van der Waals surface area contributed by atoms with Crippen molar-refractivity contribution in [2.24, 2.45) is 7.05 Å². The Bertz CT molecular complexity index is 857. The van der Waals surface area contributed by atoms with Gasteiger partial charge >= 0.3 is 0 Å². The molecule has 134 valence electrons. The monoisotopic (exact) mass is 370 g/mol. The summed E-state index contributed by atoms with van der Waals surface area (Å²) in [7, 11) is 1.78. The van der Waals surface area contributed by atoms with Crippen LogP contribution in [-0.4, -0.2) is 33.8 Å². The van der Waals surface area contributed by atoms with Gasteiger partial charge in [0.05, 0.1) is 5.69 Å². The largest absolute Gasteiger partial charge is 0.362 e. The number of halogens is 1. The van der Waals surface area contributed by atoms with Crippen molar-refractivity contribution in [2.45, 2.75) is 11.0 Å². The van der Waals surface area contributed by atoms with Gasteiger partial charge in [-0.1, -0.05) is 42.5 Å². The molecule has 1 heterocycles. The predicted molar refractivity (Wildman–Crippen MR) is 101 cm³/mol. The number of benzene rings is 1. The van der Waals surface area contributed by atoms with Crippen molar-refractivity contribution < 1.29 is 14.3 Å². The highest BCUT2D eigenvalue weighted by Crippen LogP contribution is 2.32. The molecule has 2 atom stereocenters. The van der Waals surface area contributed by atoms with Crippen LogP contribution in [0.15, 0.2) is 73.0 Å². The number of ether oxygens (including phenoxy) is 1. The fourth-order valence-corrected chi connectivity index (χ4v) is 3.06. The number of carbonyl (C=O) groups is 2. The number of amides is 1. The summed E-state index contributed by atoms with van der Waals surface area (Å²) in [5, 5.41) is 2.74. The molecule has 0 saturated heterocycles. The zero-order valence-electron chi connectivity index (χ0n) is 14.3. The quantitative estimate of drug-likeness (QED) is 0.626. The Morgan fingerprint density at radius 1 is 1.19 bits per heavy atom. The second kappa shape index (κ2) is 7.72. The molecular weight excluding hydrogens is 352 g/mol. The van der Waals surface area contributed by atoms with Crippen LogP contribution in [0.4, 0.5) is 5.69 Å². The summed E-state index contributed by atoms with van der Waals surface area (Å²) in [5.41, 5.74) is 1.15. The smallest absolute Gasteiger partial charge is 0.250 e. The molecule has 1 amide bonds. The van der Waals surface area contributed by atoms with E-state index in [1.807, 2.05) is 18.2 Å². The molecule has 0 bridgehead atoms. The Kier molecular flexibility index (Phi) is 5.40. The number of rotatable bonds is 6. The Hall–Kier alpha value is -2.63. The maximum absolute atomic E-state index is 12.9. The van der Waals surface area contributed by atoms with Crippen LogP contribution in [0.1, 0.15) is 10.5 Å². The molecule has 5 nitrogen and oxygen atoms in total. The molecule has 2 aromatic rings. The summed E-state index contributed by atoms with van der Waals surface area (Å²) >= 11 is 6.64. The van der Waals surface area contributed by atoms with Gasteiger partial charge in [-0.15, -0.1) is 11.6 Å². The van der Waals surface area contributed by atoms with E-state index in [1.54, 1.807) is 66.4 Å². The molecule has 0 fully saturated rings. The number of para-hydroxylation sites is 1. The van der Waals surface area contributed by atoms with Gasteiger partial charge in [-0.05, 0) is 24.3 Å². The number of alkyl halides is 1. The number of anilines is 1. The minimum atomic E-state index is -1.39. The van der Waals surface area contributed by atoms with Crippen molar-refractivity contribution in [3.05, 3.63) is 78.7 Å². The highest BCUT2D eigenvalue weighted by molar-refractivity contribution is 6.40. The van der Waals surface area contributed by atoms with Gasteiger partial charge in [-0.2, -0.15) is 0 Å². The van der Waals surface area contributed by atoms with E-state index in [4.69, 9.17) is 16.3 Å². The van der Waals surface area contributed by atoms with Crippen LogP contribution < -0.4 is 5.32 Å². The molecule has 1 aliphatic carbocycles. The summed E-state index contributed by atoms with van der Waals surface area (Å²) in [6.45, 7) is -0.216. The standard InChI is InChI=1S/C20H19ClN2O3/c1-23-13-7-10-16(23)19(25)20(21)12-6-5-11-17(20)26-14-18(24)22-15-8-3-2-4-9-15/h2-13,17H,14H2,1H3,(H,22,24). The first-order valence-corrected chi connectivity index (χ1v) is 8.56. The third-order valence-corrected chi connectivity index (χ3v) is 4.64. The average molecular weight is 371 g/mol. The molecule has 0 aliphatic heterocycles. The lowest BCUT2D eigenvalue weighted by Crippen LogP contribution is -2.46. The van der Waals surface area contributed by atoms with E-state index in [2.05, 4.69) is 5.32 Å². The predicted octanol–water partition coefficient (Wildman–Crippen LogP) is 3.34. The summed E-state index contributed by atoms with van der Waals surface area (Å²) in [5.74, 6) is -0.592. The van der Waals surface area contributed by atoms with E-state index in [1.165, 1.54) is 0 Å². The van der Waals surface area contributed by atoms with Crippen LogP contribution in [-0.2, 0) is 16.6 Å². The second-order valence-corrected chi connectivity index (χ2v) is 6.62. The van der Waals surface area contributed by atoms with Gasteiger partial charge in [0, 0.05) is 18.9 Å². The Balaban J connectivity index is 1.68. The van der Waals surface area contributed by atoms with E-state index in [0.717, 1.165) is 0 Å². The molecule has 3 rings (SSSR count). The molecule has 6 heteroatoms. The molecule has 0 saturated carbocycles. The number of Topliss-reactive ketones (excluding diaryl/α,β-unsaturated/α-hetero) is 1. The van der Waals surface area contributed by atoms with Crippen LogP contribution in [0.25, 0.3) is 0 Å². The zero-order chi connectivity index (χ0) is 18.6. The van der Waals surface area contributed by atoms with E-state index in [9.17, 15) is 9.59 Å². The first kappa shape index (κ1) is 18.2. The van der Waals surface area contributed by atoms with Gasteiger partial charge < -0.3 is 14.6 Å². The van der Waals surface area contributed by atoms with Crippen LogP contribution in [0, 0.1) is 0 Å². The minimum absolute atomic E-state index is 0.216. The van der Waals surface area contributed by atoms with Gasteiger partial charge in [-0.3, -0.25) is 9.59 Å². The number of aryl methyl sites for hydroxylation is 1. The first-order chi connectivity index (χ1) is 12.5. The maximum atomic E-state index is 12.9. The molecule has 1 N–H and O–H groups in total. The molecule has 1 aromatic carbocycles. The van der Waals surface area contributed by atoms with Crippen LogP contribution in [0.2, 0.25) is 0 Å². The SMILES string of the molecule is Cn1cccc1C(=O)C1(Cl)C=CC=CC1OCC(=O)Nc1ccccc1. The molecule has 0 radical (unpaired) electrons. The fourth-order valence-electron chi connectivity index (χ4n) is 2.75. The molecule has 1 aliphatic rings. The van der Waals surface area contributed by atoms with Gasteiger partial charge in [0.25, 0.3) is 0 Å². The summed E-state index contributed by atoms with van der Waals surface area (Å²) in [6, 6.07) is 12.6. The van der Waals surface area contributed by atoms with Gasteiger partial charge in [-0.25, -0.2) is 0 Å². The lowest BCUT2D eigenvalue weighted by molar-refractivity contribution is -0.121. The molecule has 26 heavy (non-hydrogen) atoms. The number of aromatic nitrogens is 1. The first-order valence-electron chi connectivity index (χ1n) is 8.18. The van der Waals surface area contributed by atoms with Gasteiger partial charge in [0.1, 0.15) is 12.7 Å². The van der Waals surface area contributed by atoms with Gasteiger partial charge in [0.2, 0.25) is 11.7 Å². The van der Waals surface area contributed by atoms with Crippen molar-refractivity contribution >= 4 is 29.0 Å². The maximum Gasteiger partial charge on any atom is 0.250 e. The van der Waals surface area contributed by atoms with Crippen molar-refractivity contribution in [2.75, 3.05) is 11.9 Å². The second-order valence-electron chi connectivity index (χ2n) is 5.99. The number of hydrogen-bond donors (Lipinski definition) is 1. The fraction of sp³-hybridized carbons (Fsp3) is 0.200. The number of ketones is 1. The van der Waals surface area contributed by atoms with Crippen molar-refractivity contribution in [1.82, 2.24) is 4.57 Å². The topological polar surface area (TPSA) is 60.3 Å². The van der Waals surface area contributed by atoms with Crippen molar-refractivity contribution in [3.8, 4) is 0 Å². The van der Waals surface area contributed by atoms with Crippen molar-refractivity contribution in [1.29, 1.82) is 0 Å².